The molecule has 0 radical (unpaired) electrons. The zero-order valence-corrected chi connectivity index (χ0v) is 21.3. The minimum Gasteiger partial charge on any atom is -0.497 e. The Morgan fingerprint density at radius 1 is 1.06 bits per heavy atom. The lowest BCUT2D eigenvalue weighted by Crippen LogP contribution is -2.07. The fraction of sp³-hybridized carbons (Fsp3) is 0.241. The Morgan fingerprint density at radius 2 is 1.89 bits per heavy atom. The number of aromatic nitrogens is 1. The Kier molecular flexibility index (Phi) is 7.06. The molecule has 0 unspecified atom stereocenters. The molecule has 1 aliphatic rings. The first-order valence-corrected chi connectivity index (χ1v) is 12.6. The molecule has 180 valence electrons. The molecule has 0 bridgehead atoms. The van der Waals surface area contributed by atoms with Gasteiger partial charge in [0, 0.05) is 23.6 Å². The van der Waals surface area contributed by atoms with E-state index in [1.807, 2.05) is 31.3 Å². The van der Waals surface area contributed by atoms with Gasteiger partial charge in [0.2, 0.25) is 0 Å². The number of nitrogens with zero attached hydrogens (tertiary/aromatic N) is 4. The maximum Gasteiger partial charge on any atom is 0.130 e. The monoisotopic (exact) mass is 494 g/mol. The van der Waals surface area contributed by atoms with E-state index in [1.165, 1.54) is 22.1 Å². The standard InChI is InChI=1S/C29H26N4O2S/c1-4-5-21(13-22-15-31-33-32-22)20-6-8-24(9-7-20)35-17-23-14-27-28(18-36-29(27)16-30-23)26-11-10-25(34-3)12-19(26)2/h6-12,14,16,18,21H,13,15,17H2,1-3H3/t21-/m0/s1. The molecule has 0 saturated carbocycles. The van der Waals surface area contributed by atoms with Gasteiger partial charge in [-0.1, -0.05) is 24.1 Å². The quantitative estimate of drug-likeness (QED) is 0.244. The summed E-state index contributed by atoms with van der Waals surface area (Å²) in [6.45, 7) is 4.92. The molecule has 0 spiro atoms. The predicted molar refractivity (Wildman–Crippen MR) is 145 cm³/mol. The van der Waals surface area contributed by atoms with Gasteiger partial charge in [0.25, 0.3) is 0 Å². The number of hydrogen-bond donors (Lipinski definition) is 0. The number of benzene rings is 2. The molecule has 0 fully saturated rings. The van der Waals surface area contributed by atoms with Crippen molar-refractivity contribution in [2.24, 2.45) is 15.4 Å². The van der Waals surface area contributed by atoms with E-state index >= 15 is 0 Å². The lowest BCUT2D eigenvalue weighted by atomic mass is 9.94. The van der Waals surface area contributed by atoms with Crippen molar-refractivity contribution >= 4 is 27.1 Å². The van der Waals surface area contributed by atoms with Crippen LogP contribution in [-0.2, 0) is 6.61 Å². The van der Waals surface area contributed by atoms with Crippen LogP contribution in [-0.4, -0.2) is 24.4 Å². The summed E-state index contributed by atoms with van der Waals surface area (Å²) in [6, 6.07) is 16.4. The molecule has 6 nitrogen and oxygen atoms in total. The van der Waals surface area contributed by atoms with Crippen LogP contribution in [0.5, 0.6) is 11.5 Å². The van der Waals surface area contributed by atoms with Crippen molar-refractivity contribution in [1.82, 2.24) is 4.98 Å². The van der Waals surface area contributed by atoms with Gasteiger partial charge in [-0.25, -0.2) is 0 Å². The van der Waals surface area contributed by atoms with Crippen LogP contribution in [0, 0.1) is 18.8 Å². The molecule has 2 aromatic heterocycles. The Labute approximate surface area is 214 Å². The van der Waals surface area contributed by atoms with Crippen LogP contribution in [0.2, 0.25) is 0 Å². The molecule has 7 heteroatoms. The van der Waals surface area contributed by atoms with E-state index in [0.717, 1.165) is 39.6 Å². The zero-order valence-electron chi connectivity index (χ0n) is 20.5. The van der Waals surface area contributed by atoms with Gasteiger partial charge >= 0.3 is 0 Å². The lowest BCUT2D eigenvalue weighted by molar-refractivity contribution is 0.301. The number of rotatable bonds is 8. The minimum atomic E-state index is 0.0637. The van der Waals surface area contributed by atoms with Gasteiger partial charge in [-0.05, 0) is 71.5 Å². The molecule has 0 aliphatic carbocycles. The van der Waals surface area contributed by atoms with E-state index in [4.69, 9.17) is 9.47 Å². The molecule has 3 heterocycles. The summed E-state index contributed by atoms with van der Waals surface area (Å²) in [4.78, 5) is 4.62. The maximum atomic E-state index is 6.08. The second kappa shape index (κ2) is 10.7. The van der Waals surface area contributed by atoms with E-state index in [-0.39, 0.29) is 5.92 Å². The van der Waals surface area contributed by atoms with E-state index in [0.29, 0.717) is 13.2 Å². The van der Waals surface area contributed by atoms with Gasteiger partial charge in [-0.15, -0.1) is 22.4 Å². The van der Waals surface area contributed by atoms with Crippen molar-refractivity contribution in [1.29, 1.82) is 0 Å². The summed E-state index contributed by atoms with van der Waals surface area (Å²) in [5.41, 5.74) is 6.56. The first-order chi connectivity index (χ1) is 17.6. The Hall–Kier alpha value is -4.02. The molecule has 0 amide bonds. The van der Waals surface area contributed by atoms with Crippen molar-refractivity contribution in [2.45, 2.75) is 32.8 Å². The molecule has 0 saturated heterocycles. The highest BCUT2D eigenvalue weighted by molar-refractivity contribution is 7.17. The SMILES string of the molecule is CC#C[C@@H](CC1=NN=NC1)c1ccc(OCc2cc3c(-c4ccc(OC)cc4C)csc3cn2)cc1. The maximum absolute atomic E-state index is 6.08. The van der Waals surface area contributed by atoms with Gasteiger partial charge < -0.3 is 9.47 Å². The number of hydrogen-bond acceptors (Lipinski definition) is 7. The number of thiophene rings is 1. The summed E-state index contributed by atoms with van der Waals surface area (Å²) in [6.07, 6.45) is 2.66. The summed E-state index contributed by atoms with van der Waals surface area (Å²) < 4.78 is 12.6. The van der Waals surface area contributed by atoms with Gasteiger partial charge in [0.05, 0.1) is 29.1 Å². The van der Waals surface area contributed by atoms with Crippen molar-refractivity contribution < 1.29 is 9.47 Å². The number of methoxy groups -OCH3 is 1. The molecular formula is C29H26N4O2S. The van der Waals surface area contributed by atoms with Crippen LogP contribution in [0.1, 0.15) is 36.1 Å². The predicted octanol–water partition coefficient (Wildman–Crippen LogP) is 7.18. The summed E-state index contributed by atoms with van der Waals surface area (Å²) in [5.74, 6) is 8.03. The van der Waals surface area contributed by atoms with Crippen LogP contribution >= 0.6 is 11.3 Å². The highest BCUT2D eigenvalue weighted by Crippen LogP contribution is 2.37. The van der Waals surface area contributed by atoms with Crippen molar-refractivity contribution in [3.05, 3.63) is 76.9 Å². The van der Waals surface area contributed by atoms with E-state index in [2.05, 4.69) is 74.9 Å². The summed E-state index contributed by atoms with van der Waals surface area (Å²) in [7, 11) is 1.69. The number of aryl methyl sites for hydroxylation is 1. The average Bonchev–Trinajstić information content (AvgIpc) is 3.57. The van der Waals surface area contributed by atoms with Crippen molar-refractivity contribution in [3.63, 3.8) is 0 Å². The lowest BCUT2D eigenvalue weighted by Gasteiger charge is -2.12. The highest BCUT2D eigenvalue weighted by Gasteiger charge is 2.15. The van der Waals surface area contributed by atoms with Crippen LogP contribution in [0.3, 0.4) is 0 Å². The first kappa shape index (κ1) is 23.7. The van der Waals surface area contributed by atoms with Crippen LogP contribution in [0.15, 0.2) is 75.5 Å². The number of pyridine rings is 1. The summed E-state index contributed by atoms with van der Waals surface area (Å²) in [5, 5.41) is 15.1. The third-order valence-electron chi connectivity index (χ3n) is 6.17. The van der Waals surface area contributed by atoms with E-state index in [1.54, 1.807) is 18.4 Å². The first-order valence-electron chi connectivity index (χ1n) is 11.7. The molecule has 2 aromatic carbocycles. The van der Waals surface area contributed by atoms with Crippen LogP contribution in [0.25, 0.3) is 21.2 Å². The smallest absolute Gasteiger partial charge is 0.130 e. The number of fused-ring (bicyclic) bond motifs is 1. The van der Waals surface area contributed by atoms with E-state index < -0.39 is 0 Å². The fourth-order valence-corrected chi connectivity index (χ4v) is 5.20. The number of ether oxygens (including phenoxy) is 2. The molecule has 1 atom stereocenters. The second-order valence-electron chi connectivity index (χ2n) is 8.57. The third kappa shape index (κ3) is 5.14. The molecule has 1 aliphatic heterocycles. The highest BCUT2D eigenvalue weighted by atomic mass is 32.1. The van der Waals surface area contributed by atoms with Crippen molar-refractivity contribution in [2.75, 3.05) is 13.7 Å². The Balaban J connectivity index is 1.30. The third-order valence-corrected chi connectivity index (χ3v) is 7.10. The topological polar surface area (TPSA) is 68.4 Å². The average molecular weight is 495 g/mol. The minimum absolute atomic E-state index is 0.0637. The Bertz CT molecular complexity index is 1510. The molecular weight excluding hydrogens is 468 g/mol. The summed E-state index contributed by atoms with van der Waals surface area (Å²) >= 11 is 1.70. The van der Waals surface area contributed by atoms with Gasteiger partial charge in [0.1, 0.15) is 24.7 Å². The van der Waals surface area contributed by atoms with Gasteiger partial charge in [-0.2, -0.15) is 5.11 Å². The molecule has 4 aromatic rings. The largest absolute Gasteiger partial charge is 0.497 e. The van der Waals surface area contributed by atoms with Crippen LogP contribution in [0.4, 0.5) is 0 Å². The van der Waals surface area contributed by atoms with Crippen molar-refractivity contribution in [3.8, 4) is 34.5 Å². The molecule has 36 heavy (non-hydrogen) atoms. The van der Waals surface area contributed by atoms with Crippen LogP contribution < -0.4 is 9.47 Å². The molecule has 0 N–H and O–H groups in total. The second-order valence-corrected chi connectivity index (χ2v) is 9.48. The van der Waals surface area contributed by atoms with Gasteiger partial charge in [0.15, 0.2) is 0 Å². The Morgan fingerprint density at radius 3 is 2.61 bits per heavy atom. The van der Waals surface area contributed by atoms with Gasteiger partial charge in [-0.3, -0.25) is 4.98 Å². The zero-order chi connectivity index (χ0) is 24.9. The normalized spacial score (nSPS) is 13.2. The fourth-order valence-electron chi connectivity index (χ4n) is 4.29. The molecule has 5 rings (SSSR count). The van der Waals surface area contributed by atoms with E-state index in [9.17, 15) is 0 Å².